The van der Waals surface area contributed by atoms with Crippen molar-refractivity contribution in [3.05, 3.63) is 65.7 Å². The molecule has 0 bridgehead atoms. The van der Waals surface area contributed by atoms with Gasteiger partial charge >= 0.3 is 0 Å². The van der Waals surface area contributed by atoms with Crippen LogP contribution in [0.15, 0.2) is 48.5 Å². The molecular weight excluding hydrogens is 317 g/mol. The highest BCUT2D eigenvalue weighted by molar-refractivity contribution is 5.58. The summed E-state index contributed by atoms with van der Waals surface area (Å²) < 4.78 is 20.5. The molecule has 2 heterocycles. The van der Waals surface area contributed by atoms with Gasteiger partial charge in [0.1, 0.15) is 17.4 Å². The number of imidazole rings is 1. The van der Waals surface area contributed by atoms with Crippen molar-refractivity contribution in [3.63, 3.8) is 0 Å². The fraction of sp³-hybridized carbons (Fsp3) is 0.250. The lowest BCUT2D eigenvalue weighted by Crippen LogP contribution is -2.31. The number of hydrogen-bond acceptors (Lipinski definition) is 3. The Morgan fingerprint density at radius 1 is 1.04 bits per heavy atom. The van der Waals surface area contributed by atoms with E-state index in [2.05, 4.69) is 21.6 Å². The van der Waals surface area contributed by atoms with Crippen LogP contribution in [0.4, 0.5) is 10.1 Å². The van der Waals surface area contributed by atoms with Gasteiger partial charge in [-0.3, -0.25) is 0 Å². The van der Waals surface area contributed by atoms with Crippen molar-refractivity contribution in [2.75, 3.05) is 18.6 Å². The van der Waals surface area contributed by atoms with Gasteiger partial charge in [0.2, 0.25) is 0 Å². The zero-order chi connectivity index (χ0) is 17.4. The average molecular weight is 337 g/mol. The highest BCUT2D eigenvalue weighted by atomic mass is 19.1. The van der Waals surface area contributed by atoms with Crippen LogP contribution < -0.4 is 9.64 Å². The number of rotatable bonds is 3. The van der Waals surface area contributed by atoms with E-state index in [4.69, 9.17) is 9.72 Å². The Labute approximate surface area is 146 Å². The predicted octanol–water partition coefficient (Wildman–Crippen LogP) is 3.80. The van der Waals surface area contributed by atoms with Crippen LogP contribution in [0.1, 0.15) is 11.4 Å². The number of nitrogens with zero attached hydrogens (tertiary/aromatic N) is 3. The van der Waals surface area contributed by atoms with Crippen molar-refractivity contribution >= 4 is 5.69 Å². The molecule has 128 valence electrons. The second kappa shape index (κ2) is 6.24. The molecule has 3 aromatic rings. The molecule has 2 aromatic carbocycles. The Morgan fingerprint density at radius 2 is 1.76 bits per heavy atom. The van der Waals surface area contributed by atoms with Gasteiger partial charge in [0.25, 0.3) is 0 Å². The van der Waals surface area contributed by atoms with Crippen LogP contribution in [0.5, 0.6) is 5.75 Å². The van der Waals surface area contributed by atoms with Crippen LogP contribution in [-0.2, 0) is 20.0 Å². The molecule has 0 saturated carbocycles. The first-order valence-electron chi connectivity index (χ1n) is 8.35. The zero-order valence-electron chi connectivity index (χ0n) is 14.4. The number of methoxy groups -OCH3 is 1. The van der Waals surface area contributed by atoms with Crippen LogP contribution >= 0.6 is 0 Å². The lowest BCUT2D eigenvalue weighted by atomic mass is 10.1. The van der Waals surface area contributed by atoms with Gasteiger partial charge in [0.15, 0.2) is 0 Å². The summed E-state index contributed by atoms with van der Waals surface area (Å²) in [6, 6.07) is 14.7. The van der Waals surface area contributed by atoms with Gasteiger partial charge in [-0.25, -0.2) is 9.37 Å². The van der Waals surface area contributed by atoms with E-state index in [1.807, 2.05) is 19.2 Å². The van der Waals surface area contributed by atoms with Crippen molar-refractivity contribution in [1.29, 1.82) is 0 Å². The number of anilines is 1. The van der Waals surface area contributed by atoms with E-state index in [1.165, 1.54) is 23.5 Å². The molecule has 5 heteroatoms. The van der Waals surface area contributed by atoms with E-state index in [-0.39, 0.29) is 5.82 Å². The zero-order valence-corrected chi connectivity index (χ0v) is 14.4. The fourth-order valence-corrected chi connectivity index (χ4v) is 3.36. The molecule has 0 radical (unpaired) electrons. The second-order valence-electron chi connectivity index (χ2n) is 6.26. The summed E-state index contributed by atoms with van der Waals surface area (Å²) in [4.78, 5) is 7.14. The molecule has 0 spiro atoms. The van der Waals surface area contributed by atoms with Gasteiger partial charge < -0.3 is 14.2 Å². The molecular formula is C20H20FN3O. The Morgan fingerprint density at radius 3 is 2.44 bits per heavy atom. The Balaban J connectivity index is 1.63. The van der Waals surface area contributed by atoms with Crippen molar-refractivity contribution < 1.29 is 9.13 Å². The van der Waals surface area contributed by atoms with E-state index in [9.17, 15) is 4.39 Å². The molecule has 4 nitrogen and oxygen atoms in total. The van der Waals surface area contributed by atoms with Crippen molar-refractivity contribution in [2.45, 2.75) is 13.0 Å². The summed E-state index contributed by atoms with van der Waals surface area (Å²) >= 11 is 0. The summed E-state index contributed by atoms with van der Waals surface area (Å²) in [7, 11) is 3.71. The van der Waals surface area contributed by atoms with Gasteiger partial charge in [0, 0.05) is 31.3 Å². The number of hydrogen-bond donors (Lipinski definition) is 0. The minimum atomic E-state index is -0.228. The average Bonchev–Trinajstić information content (AvgIpc) is 2.99. The van der Waals surface area contributed by atoms with E-state index in [0.717, 1.165) is 42.3 Å². The Bertz CT molecular complexity index is 885. The maximum atomic E-state index is 13.2. The maximum Gasteiger partial charge on any atom is 0.140 e. The number of halogens is 1. The lowest BCUT2D eigenvalue weighted by molar-refractivity contribution is 0.415. The topological polar surface area (TPSA) is 30.3 Å². The van der Waals surface area contributed by atoms with Crippen LogP contribution in [0.25, 0.3) is 11.4 Å². The Kier molecular flexibility index (Phi) is 3.92. The molecule has 4 rings (SSSR count). The van der Waals surface area contributed by atoms with Crippen molar-refractivity contribution in [3.8, 4) is 17.1 Å². The van der Waals surface area contributed by atoms with E-state index < -0.39 is 0 Å². The van der Waals surface area contributed by atoms with E-state index in [1.54, 1.807) is 19.2 Å². The lowest BCUT2D eigenvalue weighted by Gasteiger charge is -2.29. The predicted molar refractivity (Wildman–Crippen MR) is 96.4 cm³/mol. The van der Waals surface area contributed by atoms with Gasteiger partial charge in [-0.15, -0.1) is 0 Å². The molecule has 1 aliphatic heterocycles. The molecule has 0 aliphatic carbocycles. The van der Waals surface area contributed by atoms with Crippen LogP contribution in [0.3, 0.4) is 0 Å². The molecule has 0 atom stereocenters. The number of fused-ring (bicyclic) bond motifs is 1. The largest absolute Gasteiger partial charge is 0.497 e. The molecule has 0 amide bonds. The maximum absolute atomic E-state index is 13.2. The molecule has 25 heavy (non-hydrogen) atoms. The minimum Gasteiger partial charge on any atom is -0.497 e. The van der Waals surface area contributed by atoms with Gasteiger partial charge in [-0.2, -0.15) is 0 Å². The highest BCUT2D eigenvalue weighted by Crippen LogP contribution is 2.29. The third kappa shape index (κ3) is 2.86. The van der Waals surface area contributed by atoms with Crippen LogP contribution in [0, 0.1) is 5.82 Å². The van der Waals surface area contributed by atoms with Crippen molar-refractivity contribution in [2.24, 2.45) is 7.05 Å². The van der Waals surface area contributed by atoms with Gasteiger partial charge in [-0.05, 0) is 48.5 Å². The van der Waals surface area contributed by atoms with Gasteiger partial charge in [-0.1, -0.05) is 0 Å². The SMILES string of the molecule is COc1ccc(N2CCc3nc(-c4ccc(F)cc4)n(C)c3C2)cc1. The quantitative estimate of drug-likeness (QED) is 0.728. The summed E-state index contributed by atoms with van der Waals surface area (Å²) in [5.74, 6) is 1.52. The first-order chi connectivity index (χ1) is 12.2. The number of aromatic nitrogens is 2. The summed E-state index contributed by atoms with van der Waals surface area (Å²) in [6.07, 6.45) is 0.899. The number of ether oxygens (including phenoxy) is 1. The molecule has 0 N–H and O–H groups in total. The summed E-state index contributed by atoms with van der Waals surface area (Å²) in [5, 5.41) is 0. The molecule has 0 fully saturated rings. The first-order valence-corrected chi connectivity index (χ1v) is 8.35. The molecule has 1 aromatic heterocycles. The van der Waals surface area contributed by atoms with Crippen molar-refractivity contribution in [1.82, 2.24) is 9.55 Å². The second-order valence-corrected chi connectivity index (χ2v) is 6.26. The standard InChI is InChI=1S/C20H20FN3O/c1-23-19-13-24(16-7-9-17(25-2)10-8-16)12-11-18(19)22-20(23)14-3-5-15(21)6-4-14/h3-10H,11-13H2,1-2H3. The van der Waals surface area contributed by atoms with Crippen LogP contribution in [-0.4, -0.2) is 23.2 Å². The molecule has 1 aliphatic rings. The van der Waals surface area contributed by atoms with Crippen LogP contribution in [0.2, 0.25) is 0 Å². The third-order valence-electron chi connectivity index (χ3n) is 4.80. The highest BCUT2D eigenvalue weighted by Gasteiger charge is 2.23. The summed E-state index contributed by atoms with van der Waals surface area (Å²) in [6.45, 7) is 1.74. The molecule has 0 saturated heterocycles. The first kappa shape index (κ1) is 15.7. The summed E-state index contributed by atoms with van der Waals surface area (Å²) in [5.41, 5.74) is 4.46. The third-order valence-corrected chi connectivity index (χ3v) is 4.80. The number of benzene rings is 2. The monoisotopic (exact) mass is 337 g/mol. The normalized spacial score (nSPS) is 13.6. The smallest absolute Gasteiger partial charge is 0.140 e. The molecule has 0 unspecified atom stereocenters. The fourth-order valence-electron chi connectivity index (χ4n) is 3.36. The minimum absolute atomic E-state index is 0.228. The van der Waals surface area contributed by atoms with E-state index in [0.29, 0.717) is 0 Å². The van der Waals surface area contributed by atoms with E-state index >= 15 is 0 Å². The van der Waals surface area contributed by atoms with Gasteiger partial charge in [0.05, 0.1) is 25.0 Å². The Hall–Kier alpha value is -2.82.